The molecule has 1 aromatic rings. The number of amides is 1. The highest BCUT2D eigenvalue weighted by molar-refractivity contribution is 5.97. The van der Waals surface area contributed by atoms with Crippen molar-refractivity contribution in [3.63, 3.8) is 0 Å². The third-order valence-electron chi connectivity index (χ3n) is 5.07. The molecule has 1 aromatic heterocycles. The Hall–Kier alpha value is -2.32. The number of nitrogens with two attached hydrogens (primary N) is 1. The number of rotatable bonds is 2. The summed E-state index contributed by atoms with van der Waals surface area (Å²) in [5.74, 6) is -2.16. The summed E-state index contributed by atoms with van der Waals surface area (Å²) in [6.45, 7) is 3.54. The summed E-state index contributed by atoms with van der Waals surface area (Å²) in [5.41, 5.74) is 5.93. The fourth-order valence-corrected chi connectivity index (χ4v) is 4.10. The Bertz CT molecular complexity index is 817. The largest absolute Gasteiger partial charge is 0.508 e. The second-order valence-corrected chi connectivity index (χ2v) is 6.56. The lowest BCUT2D eigenvalue weighted by molar-refractivity contribution is -0.210. The zero-order valence-electron chi connectivity index (χ0n) is 13.3. The molecule has 3 N–H and O–H groups in total. The van der Waals surface area contributed by atoms with Gasteiger partial charge in [-0.1, -0.05) is 6.58 Å². The lowest BCUT2D eigenvalue weighted by Crippen LogP contribution is -2.70. The van der Waals surface area contributed by atoms with Gasteiger partial charge >= 0.3 is 0 Å². The summed E-state index contributed by atoms with van der Waals surface area (Å²) in [5, 5.41) is 9.66. The van der Waals surface area contributed by atoms with E-state index in [2.05, 4.69) is 6.58 Å². The number of aliphatic hydroxyl groups is 1. The van der Waals surface area contributed by atoms with E-state index >= 15 is 0 Å². The normalized spacial score (nSPS) is 30.8. The van der Waals surface area contributed by atoms with Crippen molar-refractivity contribution in [2.75, 3.05) is 7.11 Å². The van der Waals surface area contributed by atoms with Gasteiger partial charge in [-0.05, 0) is 19.3 Å². The molecular formula is C16H19N3O5. The van der Waals surface area contributed by atoms with E-state index in [0.29, 0.717) is 0 Å². The van der Waals surface area contributed by atoms with Gasteiger partial charge in [-0.2, -0.15) is 0 Å². The third-order valence-corrected chi connectivity index (χ3v) is 5.07. The van der Waals surface area contributed by atoms with Gasteiger partial charge in [0, 0.05) is 12.2 Å². The number of hydrogen-bond acceptors (Lipinski definition) is 6. The minimum atomic E-state index is -1.26. The second-order valence-electron chi connectivity index (χ2n) is 6.56. The van der Waals surface area contributed by atoms with E-state index < -0.39 is 17.2 Å². The number of methoxy groups -OCH3 is 1. The summed E-state index contributed by atoms with van der Waals surface area (Å²) >= 11 is 0. The summed E-state index contributed by atoms with van der Waals surface area (Å²) in [7, 11) is 1.32. The van der Waals surface area contributed by atoms with Gasteiger partial charge in [-0.25, -0.2) is 0 Å². The van der Waals surface area contributed by atoms with E-state index in [1.807, 2.05) is 0 Å². The molecule has 3 aliphatic rings. The molecule has 24 heavy (non-hydrogen) atoms. The SMILES string of the molecule is C=C(O)c1cn2c(c(OC)c1=O)C(=O)N1[C@@H]3CCC(C3)O[C@@]1(N)C2. The molecule has 2 aliphatic heterocycles. The van der Waals surface area contributed by atoms with Crippen LogP contribution in [0, 0.1) is 0 Å². The van der Waals surface area contributed by atoms with E-state index in [9.17, 15) is 14.7 Å². The van der Waals surface area contributed by atoms with Crippen molar-refractivity contribution in [2.45, 2.75) is 43.8 Å². The van der Waals surface area contributed by atoms with E-state index in [1.165, 1.54) is 17.9 Å². The van der Waals surface area contributed by atoms with Crippen LogP contribution in [-0.2, 0) is 11.3 Å². The number of pyridine rings is 1. The van der Waals surface area contributed by atoms with Crippen LogP contribution in [0.15, 0.2) is 17.6 Å². The minimum Gasteiger partial charge on any atom is -0.508 e. The van der Waals surface area contributed by atoms with Crippen molar-refractivity contribution in [2.24, 2.45) is 5.73 Å². The number of hydrogen-bond donors (Lipinski definition) is 2. The summed E-state index contributed by atoms with van der Waals surface area (Å²) in [4.78, 5) is 27.1. The molecule has 3 heterocycles. The fraction of sp³-hybridized carbons (Fsp3) is 0.500. The molecule has 0 spiro atoms. The second kappa shape index (κ2) is 4.84. The Morgan fingerprint density at radius 3 is 2.92 bits per heavy atom. The average Bonchev–Trinajstić information content (AvgIpc) is 2.89. The van der Waals surface area contributed by atoms with Crippen LogP contribution in [0.25, 0.3) is 5.76 Å². The highest BCUT2D eigenvalue weighted by Gasteiger charge is 2.55. The predicted molar refractivity (Wildman–Crippen MR) is 84.5 cm³/mol. The van der Waals surface area contributed by atoms with Crippen LogP contribution in [-0.4, -0.2) is 45.6 Å². The first-order valence-corrected chi connectivity index (χ1v) is 7.85. The quantitative estimate of drug-likeness (QED) is 0.759. The lowest BCUT2D eigenvalue weighted by Gasteiger charge is -2.50. The van der Waals surface area contributed by atoms with Crippen LogP contribution in [0.3, 0.4) is 0 Å². The van der Waals surface area contributed by atoms with Gasteiger partial charge in [0.15, 0.2) is 11.4 Å². The standard InChI is InChI=1S/C16H19N3O5/c1-8(20)11-6-18-7-16(17)19(9-3-4-10(5-9)24-16)15(22)12(18)14(23-2)13(11)21/h6,9-10,20H,1,3-5,7,17H2,2H3/t9-,10?,16-/m1/s1. The molecule has 3 atom stereocenters. The van der Waals surface area contributed by atoms with Gasteiger partial charge < -0.3 is 19.1 Å². The Morgan fingerprint density at radius 2 is 2.25 bits per heavy atom. The number of carbonyl (C=O) groups excluding carboxylic acids is 1. The van der Waals surface area contributed by atoms with Crippen LogP contribution >= 0.6 is 0 Å². The smallest absolute Gasteiger partial charge is 0.278 e. The zero-order chi connectivity index (χ0) is 17.2. The summed E-state index contributed by atoms with van der Waals surface area (Å²) < 4.78 is 12.7. The zero-order valence-corrected chi connectivity index (χ0v) is 13.3. The van der Waals surface area contributed by atoms with Crippen molar-refractivity contribution in [1.29, 1.82) is 0 Å². The first-order valence-electron chi connectivity index (χ1n) is 7.85. The molecule has 2 fully saturated rings. The molecule has 4 rings (SSSR count). The van der Waals surface area contributed by atoms with Crippen molar-refractivity contribution < 1.29 is 19.4 Å². The summed E-state index contributed by atoms with van der Waals surface area (Å²) in [6.07, 6.45) is 3.86. The molecule has 1 unspecified atom stereocenters. The Morgan fingerprint density at radius 1 is 1.50 bits per heavy atom. The molecular weight excluding hydrogens is 314 g/mol. The molecule has 1 saturated heterocycles. The average molecular weight is 333 g/mol. The molecule has 8 heteroatoms. The van der Waals surface area contributed by atoms with Crippen molar-refractivity contribution >= 4 is 11.7 Å². The first-order chi connectivity index (χ1) is 11.4. The number of aromatic nitrogens is 1. The molecule has 2 bridgehead atoms. The number of fused-ring (bicyclic) bond motifs is 5. The highest BCUT2D eigenvalue weighted by Crippen LogP contribution is 2.42. The number of nitrogens with zero attached hydrogens (tertiary/aromatic N) is 2. The Kier molecular flexibility index (Phi) is 3.07. The van der Waals surface area contributed by atoms with Crippen LogP contribution in [0.4, 0.5) is 0 Å². The maximum atomic E-state index is 13.1. The molecule has 0 radical (unpaired) electrons. The van der Waals surface area contributed by atoms with Crippen molar-refractivity contribution in [3.8, 4) is 5.75 Å². The minimum absolute atomic E-state index is 0.00212. The first kappa shape index (κ1) is 15.2. The van der Waals surface area contributed by atoms with Crippen LogP contribution < -0.4 is 15.9 Å². The fourth-order valence-electron chi connectivity index (χ4n) is 4.10. The van der Waals surface area contributed by atoms with Crippen molar-refractivity contribution in [3.05, 3.63) is 34.3 Å². The molecule has 1 aliphatic carbocycles. The van der Waals surface area contributed by atoms with Gasteiger partial charge in [0.05, 0.1) is 25.3 Å². The predicted octanol–water partition coefficient (Wildman–Crippen LogP) is 0.405. The van der Waals surface area contributed by atoms with E-state index in [0.717, 1.165) is 19.3 Å². The van der Waals surface area contributed by atoms with E-state index in [1.54, 1.807) is 4.90 Å². The number of aliphatic hydroxyl groups excluding tert-OH is 1. The van der Waals surface area contributed by atoms with Crippen LogP contribution in [0.5, 0.6) is 5.75 Å². The third kappa shape index (κ3) is 1.87. The van der Waals surface area contributed by atoms with E-state index in [-0.39, 0.29) is 41.5 Å². The highest BCUT2D eigenvalue weighted by atomic mass is 16.5. The number of carbonyl (C=O) groups is 1. The van der Waals surface area contributed by atoms with Gasteiger partial charge in [0.2, 0.25) is 11.3 Å². The monoisotopic (exact) mass is 333 g/mol. The Balaban J connectivity index is 1.93. The molecule has 8 nitrogen and oxygen atoms in total. The van der Waals surface area contributed by atoms with Crippen molar-refractivity contribution in [1.82, 2.24) is 9.47 Å². The Labute approximate surface area is 138 Å². The van der Waals surface area contributed by atoms with Crippen LogP contribution in [0.1, 0.15) is 35.3 Å². The molecule has 128 valence electrons. The lowest BCUT2D eigenvalue weighted by atomic mass is 10.0. The summed E-state index contributed by atoms with van der Waals surface area (Å²) in [6, 6.07) is 0.00212. The number of ether oxygens (including phenoxy) is 2. The topological polar surface area (TPSA) is 107 Å². The maximum Gasteiger partial charge on any atom is 0.278 e. The van der Waals surface area contributed by atoms with E-state index in [4.69, 9.17) is 15.2 Å². The molecule has 0 aromatic carbocycles. The van der Waals surface area contributed by atoms with Gasteiger partial charge in [-0.15, -0.1) is 0 Å². The van der Waals surface area contributed by atoms with Gasteiger partial charge in [0.25, 0.3) is 5.91 Å². The van der Waals surface area contributed by atoms with Gasteiger partial charge in [0.1, 0.15) is 5.76 Å². The van der Waals surface area contributed by atoms with Crippen LogP contribution in [0.2, 0.25) is 0 Å². The maximum absolute atomic E-state index is 13.1. The molecule has 1 amide bonds. The van der Waals surface area contributed by atoms with Gasteiger partial charge in [-0.3, -0.25) is 20.2 Å². The molecule has 1 saturated carbocycles.